The quantitative estimate of drug-likeness (QED) is 0.560. The summed E-state index contributed by atoms with van der Waals surface area (Å²) in [6, 6.07) is 0. The van der Waals surface area contributed by atoms with E-state index < -0.39 is 0 Å². The molecule has 1 aliphatic carbocycles. The minimum Gasteiger partial charge on any atom is -0.342 e. The molecule has 0 atom stereocenters. The minimum atomic E-state index is 0.254. The van der Waals surface area contributed by atoms with Crippen molar-refractivity contribution < 1.29 is 4.79 Å². The Kier molecular flexibility index (Phi) is 2.09. The van der Waals surface area contributed by atoms with Crippen molar-refractivity contribution in [2.75, 3.05) is 13.1 Å². The standard InChI is InChI=1S/C11H19NO/c1-9-3-5-11(6-4-9)7-12(8-11)10(2)13/h9H,3-8H2,1-2H3. The molecule has 1 spiro atoms. The van der Waals surface area contributed by atoms with Gasteiger partial charge in [0.25, 0.3) is 0 Å². The van der Waals surface area contributed by atoms with Crippen LogP contribution >= 0.6 is 0 Å². The van der Waals surface area contributed by atoms with Crippen LogP contribution in [-0.4, -0.2) is 23.9 Å². The lowest BCUT2D eigenvalue weighted by molar-refractivity contribution is -0.143. The average molecular weight is 181 g/mol. The van der Waals surface area contributed by atoms with Crippen LogP contribution < -0.4 is 0 Å². The van der Waals surface area contributed by atoms with E-state index in [-0.39, 0.29) is 5.91 Å². The van der Waals surface area contributed by atoms with Gasteiger partial charge in [-0.3, -0.25) is 4.79 Å². The molecule has 0 aromatic carbocycles. The second-order valence-corrected chi connectivity index (χ2v) is 5.06. The fourth-order valence-electron chi connectivity index (χ4n) is 2.68. The topological polar surface area (TPSA) is 20.3 Å². The molecule has 2 fully saturated rings. The summed E-state index contributed by atoms with van der Waals surface area (Å²) in [5.41, 5.74) is 0.540. The van der Waals surface area contributed by atoms with Gasteiger partial charge in [0.1, 0.15) is 0 Å². The molecule has 1 heterocycles. The maximum Gasteiger partial charge on any atom is 0.219 e. The molecule has 0 N–H and O–H groups in total. The highest BCUT2D eigenvalue weighted by Gasteiger charge is 2.45. The first-order chi connectivity index (χ1) is 6.11. The lowest BCUT2D eigenvalue weighted by Gasteiger charge is -2.53. The van der Waals surface area contributed by atoms with Gasteiger partial charge in [-0.1, -0.05) is 19.8 Å². The van der Waals surface area contributed by atoms with Gasteiger partial charge in [-0.15, -0.1) is 0 Å². The van der Waals surface area contributed by atoms with Gasteiger partial charge in [0.15, 0.2) is 0 Å². The fourth-order valence-corrected chi connectivity index (χ4v) is 2.68. The lowest BCUT2D eigenvalue weighted by atomic mass is 9.66. The highest BCUT2D eigenvalue weighted by molar-refractivity contribution is 5.74. The Morgan fingerprint density at radius 1 is 1.31 bits per heavy atom. The Morgan fingerprint density at radius 3 is 2.31 bits per heavy atom. The SMILES string of the molecule is CC(=O)N1CC2(CCC(C)CC2)C1. The Labute approximate surface area is 80.3 Å². The molecular formula is C11H19NO. The molecule has 13 heavy (non-hydrogen) atoms. The number of carbonyl (C=O) groups is 1. The Balaban J connectivity index is 1.86. The summed E-state index contributed by atoms with van der Waals surface area (Å²) in [6.45, 7) is 6.09. The largest absolute Gasteiger partial charge is 0.342 e. The Bertz CT molecular complexity index is 208. The van der Waals surface area contributed by atoms with Gasteiger partial charge < -0.3 is 4.90 Å². The van der Waals surface area contributed by atoms with Gasteiger partial charge in [0.2, 0.25) is 5.91 Å². The first kappa shape index (κ1) is 9.04. The Morgan fingerprint density at radius 2 is 1.85 bits per heavy atom. The molecular weight excluding hydrogens is 162 g/mol. The maximum atomic E-state index is 11.0. The van der Waals surface area contributed by atoms with Gasteiger partial charge >= 0.3 is 0 Å². The molecule has 1 aliphatic heterocycles. The van der Waals surface area contributed by atoms with E-state index in [9.17, 15) is 4.79 Å². The third-order valence-electron chi connectivity index (χ3n) is 3.83. The van der Waals surface area contributed by atoms with Crippen LogP contribution in [-0.2, 0) is 4.79 Å². The second kappa shape index (κ2) is 3.00. The van der Waals surface area contributed by atoms with Crippen LogP contribution in [0.2, 0.25) is 0 Å². The molecule has 74 valence electrons. The summed E-state index contributed by atoms with van der Waals surface area (Å²) >= 11 is 0. The van der Waals surface area contributed by atoms with Crippen molar-refractivity contribution >= 4 is 5.91 Å². The van der Waals surface area contributed by atoms with E-state index in [1.54, 1.807) is 6.92 Å². The number of hydrogen-bond donors (Lipinski definition) is 0. The molecule has 0 bridgehead atoms. The van der Waals surface area contributed by atoms with Crippen molar-refractivity contribution in [3.63, 3.8) is 0 Å². The van der Waals surface area contributed by atoms with Crippen molar-refractivity contribution in [3.05, 3.63) is 0 Å². The zero-order valence-electron chi connectivity index (χ0n) is 8.68. The Hall–Kier alpha value is -0.530. The lowest BCUT2D eigenvalue weighted by Crippen LogP contribution is -2.58. The molecule has 0 radical (unpaired) electrons. The van der Waals surface area contributed by atoms with E-state index in [1.165, 1.54) is 25.7 Å². The van der Waals surface area contributed by atoms with Crippen LogP contribution in [0.25, 0.3) is 0 Å². The number of nitrogens with zero attached hydrogens (tertiary/aromatic N) is 1. The third kappa shape index (κ3) is 1.59. The maximum absolute atomic E-state index is 11.0. The molecule has 0 unspecified atom stereocenters. The molecule has 1 amide bonds. The zero-order valence-corrected chi connectivity index (χ0v) is 8.68. The van der Waals surface area contributed by atoms with E-state index in [0.717, 1.165) is 19.0 Å². The molecule has 2 rings (SSSR count). The highest BCUT2D eigenvalue weighted by atomic mass is 16.2. The number of likely N-dealkylation sites (tertiary alicyclic amines) is 1. The summed E-state index contributed by atoms with van der Waals surface area (Å²) < 4.78 is 0. The second-order valence-electron chi connectivity index (χ2n) is 5.06. The summed E-state index contributed by atoms with van der Waals surface area (Å²) in [7, 11) is 0. The molecule has 1 saturated heterocycles. The summed E-state index contributed by atoms with van der Waals surface area (Å²) in [6.07, 6.45) is 5.42. The van der Waals surface area contributed by atoms with Crippen molar-refractivity contribution in [2.24, 2.45) is 11.3 Å². The van der Waals surface area contributed by atoms with E-state index in [1.807, 2.05) is 4.90 Å². The predicted octanol–water partition coefficient (Wildman–Crippen LogP) is 2.04. The first-order valence-corrected chi connectivity index (χ1v) is 5.37. The number of rotatable bonds is 0. The molecule has 0 aromatic rings. The van der Waals surface area contributed by atoms with Gasteiger partial charge in [0.05, 0.1) is 0 Å². The smallest absolute Gasteiger partial charge is 0.219 e. The summed E-state index contributed by atoms with van der Waals surface area (Å²) in [5.74, 6) is 1.17. The number of carbonyl (C=O) groups excluding carboxylic acids is 1. The molecule has 1 saturated carbocycles. The van der Waals surface area contributed by atoms with E-state index >= 15 is 0 Å². The van der Waals surface area contributed by atoms with E-state index in [2.05, 4.69) is 6.92 Å². The van der Waals surface area contributed by atoms with Crippen molar-refractivity contribution in [2.45, 2.75) is 39.5 Å². The van der Waals surface area contributed by atoms with Crippen molar-refractivity contribution in [3.8, 4) is 0 Å². The fraction of sp³-hybridized carbons (Fsp3) is 0.909. The van der Waals surface area contributed by atoms with Crippen LogP contribution in [0.15, 0.2) is 0 Å². The minimum absolute atomic E-state index is 0.254. The molecule has 2 nitrogen and oxygen atoms in total. The van der Waals surface area contributed by atoms with Gasteiger partial charge in [-0.25, -0.2) is 0 Å². The van der Waals surface area contributed by atoms with Crippen LogP contribution in [0, 0.1) is 11.3 Å². The normalized spacial score (nSPS) is 27.4. The van der Waals surface area contributed by atoms with Crippen molar-refractivity contribution in [1.82, 2.24) is 4.90 Å². The third-order valence-corrected chi connectivity index (χ3v) is 3.83. The molecule has 0 aromatic heterocycles. The summed E-state index contributed by atoms with van der Waals surface area (Å²) in [5, 5.41) is 0. The summed E-state index contributed by atoms with van der Waals surface area (Å²) in [4.78, 5) is 13.0. The first-order valence-electron chi connectivity index (χ1n) is 5.37. The van der Waals surface area contributed by atoms with Crippen LogP contribution in [0.4, 0.5) is 0 Å². The van der Waals surface area contributed by atoms with E-state index in [4.69, 9.17) is 0 Å². The van der Waals surface area contributed by atoms with Gasteiger partial charge in [-0.2, -0.15) is 0 Å². The zero-order chi connectivity index (χ0) is 9.47. The van der Waals surface area contributed by atoms with Crippen LogP contribution in [0.5, 0.6) is 0 Å². The van der Waals surface area contributed by atoms with E-state index in [0.29, 0.717) is 5.41 Å². The molecule has 2 aliphatic rings. The predicted molar refractivity (Wildman–Crippen MR) is 52.3 cm³/mol. The molecule has 2 heteroatoms. The monoisotopic (exact) mass is 181 g/mol. The van der Waals surface area contributed by atoms with Gasteiger partial charge in [0, 0.05) is 25.4 Å². The van der Waals surface area contributed by atoms with Crippen LogP contribution in [0.3, 0.4) is 0 Å². The van der Waals surface area contributed by atoms with Crippen LogP contribution in [0.1, 0.15) is 39.5 Å². The van der Waals surface area contributed by atoms with Gasteiger partial charge in [-0.05, 0) is 18.8 Å². The highest BCUT2D eigenvalue weighted by Crippen LogP contribution is 2.45. The number of hydrogen-bond acceptors (Lipinski definition) is 1. The average Bonchev–Trinajstić information content (AvgIpc) is 2.02. The van der Waals surface area contributed by atoms with Crippen molar-refractivity contribution in [1.29, 1.82) is 0 Å². The number of amides is 1.